The van der Waals surface area contributed by atoms with Crippen LogP contribution in [0.2, 0.25) is 0 Å². The van der Waals surface area contributed by atoms with Crippen molar-refractivity contribution in [2.45, 2.75) is 33.3 Å². The number of halogens is 1. The van der Waals surface area contributed by atoms with E-state index in [-0.39, 0.29) is 16.8 Å². The molecule has 0 spiro atoms. The number of ether oxygens (including phenoxy) is 1. The molecule has 0 fully saturated rings. The highest BCUT2D eigenvalue weighted by atomic mass is 19.1. The minimum atomic E-state index is -0.987. The highest BCUT2D eigenvalue weighted by molar-refractivity contribution is 5.91. The van der Waals surface area contributed by atoms with Gasteiger partial charge >= 0.3 is 6.09 Å². The number of aromatic hydroxyl groups is 1. The summed E-state index contributed by atoms with van der Waals surface area (Å²) in [6.45, 7) is 6.55. The van der Waals surface area contributed by atoms with Crippen molar-refractivity contribution < 1.29 is 23.8 Å². The number of phenolic OH excluding ortho intramolecular Hbond substituents is 1. The Morgan fingerprint density at radius 1 is 1.47 bits per heavy atom. The van der Waals surface area contributed by atoms with Gasteiger partial charge in [-0.1, -0.05) is 0 Å². The second-order valence-corrected chi connectivity index (χ2v) is 5.04. The van der Waals surface area contributed by atoms with Crippen LogP contribution in [-0.2, 0) is 4.74 Å². The molecule has 0 saturated carbocycles. The summed E-state index contributed by atoms with van der Waals surface area (Å²) in [5.74, 6) is -1.72. The van der Waals surface area contributed by atoms with Gasteiger partial charge in [0.1, 0.15) is 5.60 Å². The molecule has 0 saturated heterocycles. The number of rotatable bonds is 2. The molecule has 0 aliphatic heterocycles. The molecule has 0 aliphatic carbocycles. The summed E-state index contributed by atoms with van der Waals surface area (Å²) in [5.41, 5.74) is -0.557. The third kappa shape index (κ3) is 3.67. The maximum atomic E-state index is 13.4. The van der Waals surface area contributed by atoms with E-state index in [4.69, 9.17) is 4.74 Å². The van der Waals surface area contributed by atoms with Gasteiger partial charge in [0.2, 0.25) is 0 Å². The first-order chi connectivity index (χ1) is 8.65. The summed E-state index contributed by atoms with van der Waals surface area (Å²) in [6.07, 6.45) is -0.439. The van der Waals surface area contributed by atoms with Crippen LogP contribution in [0.4, 0.5) is 14.9 Å². The number of anilines is 1. The molecule has 0 bridgehead atoms. The monoisotopic (exact) mass is 269 g/mol. The van der Waals surface area contributed by atoms with Crippen molar-refractivity contribution >= 4 is 18.1 Å². The minimum absolute atomic E-state index is 0.0756. The van der Waals surface area contributed by atoms with E-state index >= 15 is 0 Å². The van der Waals surface area contributed by atoms with Gasteiger partial charge in [0.15, 0.2) is 17.9 Å². The van der Waals surface area contributed by atoms with E-state index in [0.29, 0.717) is 6.29 Å². The summed E-state index contributed by atoms with van der Waals surface area (Å²) in [7, 11) is 0. The molecule has 0 radical (unpaired) electrons. The number of carbonyl (C=O) groups excluding carboxylic acids is 2. The maximum Gasteiger partial charge on any atom is 0.412 e. The Hall–Kier alpha value is -2.11. The Bertz CT molecular complexity index is 520. The molecular weight excluding hydrogens is 253 g/mol. The lowest BCUT2D eigenvalue weighted by Crippen LogP contribution is -2.27. The molecule has 0 unspecified atom stereocenters. The van der Waals surface area contributed by atoms with Crippen LogP contribution in [0, 0.1) is 12.7 Å². The van der Waals surface area contributed by atoms with Crippen molar-refractivity contribution in [1.82, 2.24) is 0 Å². The van der Waals surface area contributed by atoms with Crippen LogP contribution < -0.4 is 5.32 Å². The lowest BCUT2D eigenvalue weighted by molar-refractivity contribution is 0.0635. The smallest absolute Gasteiger partial charge is 0.412 e. The average molecular weight is 269 g/mol. The molecule has 0 heterocycles. The fourth-order valence-corrected chi connectivity index (χ4v) is 1.44. The van der Waals surface area contributed by atoms with E-state index in [1.165, 1.54) is 6.92 Å². The van der Waals surface area contributed by atoms with Gasteiger partial charge in [0, 0.05) is 6.07 Å². The van der Waals surface area contributed by atoms with Crippen molar-refractivity contribution in [2.24, 2.45) is 0 Å². The second kappa shape index (κ2) is 5.26. The molecule has 1 amide bonds. The summed E-state index contributed by atoms with van der Waals surface area (Å²) in [5, 5.41) is 11.7. The zero-order valence-corrected chi connectivity index (χ0v) is 11.2. The van der Waals surface area contributed by atoms with Gasteiger partial charge in [-0.05, 0) is 33.3 Å². The van der Waals surface area contributed by atoms with Crippen molar-refractivity contribution in [3.8, 4) is 5.75 Å². The molecule has 0 atom stereocenters. The minimum Gasteiger partial charge on any atom is -0.504 e. The number of benzene rings is 1. The molecular formula is C13H16FNO4. The number of amides is 1. The van der Waals surface area contributed by atoms with Crippen LogP contribution in [0.5, 0.6) is 5.75 Å². The lowest BCUT2D eigenvalue weighted by Gasteiger charge is -2.20. The zero-order chi connectivity index (χ0) is 14.8. The molecule has 1 aromatic rings. The van der Waals surface area contributed by atoms with Gasteiger partial charge in [-0.3, -0.25) is 10.1 Å². The highest BCUT2D eigenvalue weighted by Crippen LogP contribution is 2.29. The zero-order valence-electron chi connectivity index (χ0n) is 11.2. The Morgan fingerprint density at radius 3 is 2.53 bits per heavy atom. The molecule has 19 heavy (non-hydrogen) atoms. The second-order valence-electron chi connectivity index (χ2n) is 5.04. The first-order valence-electron chi connectivity index (χ1n) is 5.63. The SMILES string of the molecule is Cc1c(NC(=O)OC(C)(C)C)cc(F)c(O)c1C=O. The molecule has 0 aromatic heterocycles. The normalized spacial score (nSPS) is 11.0. The quantitative estimate of drug-likeness (QED) is 0.639. The average Bonchev–Trinajstić information content (AvgIpc) is 2.24. The van der Waals surface area contributed by atoms with Crippen LogP contribution in [0.25, 0.3) is 0 Å². The Balaban J connectivity index is 3.06. The van der Waals surface area contributed by atoms with Gasteiger partial charge in [0.05, 0.1) is 11.3 Å². The van der Waals surface area contributed by atoms with Crippen molar-refractivity contribution in [3.05, 3.63) is 23.0 Å². The van der Waals surface area contributed by atoms with E-state index in [1.54, 1.807) is 20.8 Å². The van der Waals surface area contributed by atoms with E-state index in [1.807, 2.05) is 0 Å². The number of aldehydes is 1. The van der Waals surface area contributed by atoms with Crippen molar-refractivity contribution in [1.29, 1.82) is 0 Å². The molecule has 6 heteroatoms. The summed E-state index contributed by atoms with van der Waals surface area (Å²) < 4.78 is 18.4. The third-order valence-corrected chi connectivity index (χ3v) is 2.31. The van der Waals surface area contributed by atoms with E-state index < -0.39 is 23.3 Å². The third-order valence-electron chi connectivity index (χ3n) is 2.31. The topological polar surface area (TPSA) is 75.6 Å². The van der Waals surface area contributed by atoms with Gasteiger partial charge in [-0.15, -0.1) is 0 Å². The Morgan fingerprint density at radius 2 is 2.05 bits per heavy atom. The van der Waals surface area contributed by atoms with Crippen LogP contribution in [0.15, 0.2) is 6.07 Å². The Kier molecular flexibility index (Phi) is 4.14. The van der Waals surface area contributed by atoms with Gasteiger partial charge in [-0.2, -0.15) is 0 Å². The highest BCUT2D eigenvalue weighted by Gasteiger charge is 2.19. The number of nitrogens with one attached hydrogen (secondary N) is 1. The largest absolute Gasteiger partial charge is 0.504 e. The summed E-state index contributed by atoms with van der Waals surface area (Å²) >= 11 is 0. The van der Waals surface area contributed by atoms with Crippen LogP contribution in [0.3, 0.4) is 0 Å². The lowest BCUT2D eigenvalue weighted by atomic mass is 10.1. The predicted octanol–water partition coefficient (Wildman–Crippen LogP) is 3.00. The van der Waals surface area contributed by atoms with Crippen LogP contribution in [-0.4, -0.2) is 23.1 Å². The first kappa shape index (κ1) is 14.9. The van der Waals surface area contributed by atoms with Crippen LogP contribution >= 0.6 is 0 Å². The summed E-state index contributed by atoms with van der Waals surface area (Å²) in [4.78, 5) is 22.4. The van der Waals surface area contributed by atoms with Gasteiger partial charge in [-0.25, -0.2) is 9.18 Å². The number of hydrogen-bond donors (Lipinski definition) is 2. The van der Waals surface area contributed by atoms with Crippen LogP contribution in [0.1, 0.15) is 36.7 Å². The molecule has 1 aromatic carbocycles. The molecule has 1 rings (SSSR count). The first-order valence-corrected chi connectivity index (χ1v) is 5.63. The summed E-state index contributed by atoms with van der Waals surface area (Å²) in [6, 6.07) is 0.932. The van der Waals surface area contributed by atoms with Crippen molar-refractivity contribution in [3.63, 3.8) is 0 Å². The predicted molar refractivity (Wildman–Crippen MR) is 68.0 cm³/mol. The number of phenols is 1. The number of hydrogen-bond acceptors (Lipinski definition) is 4. The molecule has 2 N–H and O–H groups in total. The van der Waals surface area contributed by atoms with E-state index in [0.717, 1.165) is 6.07 Å². The maximum absolute atomic E-state index is 13.4. The van der Waals surface area contributed by atoms with Gasteiger partial charge in [0.25, 0.3) is 0 Å². The van der Waals surface area contributed by atoms with Crippen molar-refractivity contribution in [2.75, 3.05) is 5.32 Å². The Labute approximate surface area is 110 Å². The van der Waals surface area contributed by atoms with E-state index in [9.17, 15) is 19.1 Å². The standard InChI is InChI=1S/C13H16FNO4/c1-7-8(6-16)11(17)9(14)5-10(7)15-12(18)19-13(2,3)4/h5-6,17H,1-4H3,(H,15,18). The molecule has 5 nitrogen and oxygen atoms in total. The van der Waals surface area contributed by atoms with E-state index in [2.05, 4.69) is 5.32 Å². The molecule has 0 aliphatic rings. The fourth-order valence-electron chi connectivity index (χ4n) is 1.44. The number of carbonyl (C=O) groups is 2. The van der Waals surface area contributed by atoms with Gasteiger partial charge < -0.3 is 9.84 Å². The fraction of sp³-hybridized carbons (Fsp3) is 0.385. The molecule has 104 valence electrons.